The topological polar surface area (TPSA) is 47.3 Å². The average Bonchev–Trinajstić information content (AvgIpc) is 2.82. The Kier molecular flexibility index (Phi) is 2.49. The molecule has 17 heavy (non-hydrogen) atoms. The summed E-state index contributed by atoms with van der Waals surface area (Å²) in [4.78, 5) is 19.5. The molecule has 0 unspecified atom stereocenters. The predicted octanol–water partition coefficient (Wildman–Crippen LogP) is 2.70. The van der Waals surface area contributed by atoms with Crippen LogP contribution in [0.2, 0.25) is 0 Å². The van der Waals surface area contributed by atoms with Gasteiger partial charge in [-0.15, -0.1) is 16.4 Å². The molecule has 3 aromatic rings. The number of aromatic nitrogens is 3. The lowest BCUT2D eigenvalue weighted by atomic mass is 10.2. The van der Waals surface area contributed by atoms with Gasteiger partial charge in [0.25, 0.3) is 5.56 Å². The van der Waals surface area contributed by atoms with E-state index in [0.717, 1.165) is 19.6 Å². The zero-order chi connectivity index (χ0) is 12.2. The summed E-state index contributed by atoms with van der Waals surface area (Å²) in [5.41, 5.74) is 0.971. The minimum atomic E-state index is -0.0524. The number of aryl methyl sites for hydroxylation is 2. The third-order valence-corrected chi connectivity index (χ3v) is 5.67. The lowest BCUT2D eigenvalue weighted by molar-refractivity contribution is 0.871. The highest BCUT2D eigenvalue weighted by molar-refractivity contribution is 8.00. The summed E-state index contributed by atoms with van der Waals surface area (Å²) in [5, 5.41) is 4.97. The molecule has 0 N–H and O–H groups in total. The van der Waals surface area contributed by atoms with Gasteiger partial charge in [0.1, 0.15) is 4.83 Å². The van der Waals surface area contributed by atoms with Gasteiger partial charge in [-0.3, -0.25) is 4.79 Å². The number of nitrogens with zero attached hydrogens (tertiary/aromatic N) is 3. The molecule has 0 aromatic carbocycles. The number of hydrogen-bond donors (Lipinski definition) is 0. The largest absolute Gasteiger partial charge is 0.284 e. The van der Waals surface area contributed by atoms with Crippen LogP contribution in [0, 0.1) is 13.8 Å². The SMILES string of the molecule is CSc1nn2c(=O)c3c(C)c(C)sc3nc2s1. The third kappa shape index (κ3) is 1.53. The lowest BCUT2D eigenvalue weighted by Gasteiger charge is -1.92. The molecular weight excluding hydrogens is 274 g/mol. The van der Waals surface area contributed by atoms with E-state index in [-0.39, 0.29) is 5.56 Å². The van der Waals surface area contributed by atoms with Crippen LogP contribution in [0.5, 0.6) is 0 Å². The molecule has 3 rings (SSSR count). The second-order valence-electron chi connectivity index (χ2n) is 3.65. The van der Waals surface area contributed by atoms with Gasteiger partial charge >= 0.3 is 0 Å². The molecule has 4 nitrogen and oxygen atoms in total. The highest BCUT2D eigenvalue weighted by atomic mass is 32.2. The van der Waals surface area contributed by atoms with Gasteiger partial charge in [-0.1, -0.05) is 23.1 Å². The first-order valence-corrected chi connectivity index (χ1v) is 7.81. The minimum absolute atomic E-state index is 0.0524. The Balaban J connectivity index is 2.54. The van der Waals surface area contributed by atoms with Crippen molar-refractivity contribution in [3.8, 4) is 0 Å². The number of thioether (sulfide) groups is 1. The van der Waals surface area contributed by atoms with E-state index in [0.29, 0.717) is 10.3 Å². The third-order valence-electron chi connectivity index (χ3n) is 2.69. The molecule has 88 valence electrons. The summed E-state index contributed by atoms with van der Waals surface area (Å²) in [7, 11) is 0. The van der Waals surface area contributed by atoms with Crippen LogP contribution in [0.25, 0.3) is 15.2 Å². The van der Waals surface area contributed by atoms with E-state index in [4.69, 9.17) is 0 Å². The Labute approximate surface area is 109 Å². The van der Waals surface area contributed by atoms with Crippen LogP contribution in [0.3, 0.4) is 0 Å². The van der Waals surface area contributed by atoms with Crippen molar-refractivity contribution >= 4 is 49.6 Å². The molecule has 3 heterocycles. The molecule has 0 amide bonds. The number of rotatable bonds is 1. The summed E-state index contributed by atoms with van der Waals surface area (Å²) < 4.78 is 2.28. The van der Waals surface area contributed by atoms with Gasteiger partial charge in [0.2, 0.25) is 4.96 Å². The van der Waals surface area contributed by atoms with Crippen molar-refractivity contribution in [3.63, 3.8) is 0 Å². The molecule has 0 aliphatic rings. The van der Waals surface area contributed by atoms with Crippen LogP contribution >= 0.6 is 34.4 Å². The standard InChI is InChI=1S/C10H9N3OS3/c1-4-5(2)16-7-6(4)8(14)13-9(11-7)17-10(12-13)15-3/h1-3H3. The van der Waals surface area contributed by atoms with Crippen LogP contribution in [0.4, 0.5) is 0 Å². The number of thiophene rings is 1. The zero-order valence-corrected chi connectivity index (χ0v) is 11.9. The van der Waals surface area contributed by atoms with E-state index >= 15 is 0 Å². The number of fused-ring (bicyclic) bond motifs is 2. The Bertz CT molecular complexity index is 783. The minimum Gasteiger partial charge on any atom is -0.266 e. The van der Waals surface area contributed by atoms with E-state index in [1.807, 2.05) is 20.1 Å². The monoisotopic (exact) mass is 283 g/mol. The van der Waals surface area contributed by atoms with Crippen molar-refractivity contribution in [1.82, 2.24) is 14.6 Å². The Morgan fingerprint density at radius 2 is 2.06 bits per heavy atom. The van der Waals surface area contributed by atoms with Crippen LogP contribution in [-0.2, 0) is 0 Å². The van der Waals surface area contributed by atoms with Crippen LogP contribution in [0.1, 0.15) is 10.4 Å². The quantitative estimate of drug-likeness (QED) is 0.644. The first-order valence-electron chi connectivity index (χ1n) is 4.95. The summed E-state index contributed by atoms with van der Waals surface area (Å²) in [6.45, 7) is 3.98. The van der Waals surface area contributed by atoms with Gasteiger partial charge < -0.3 is 0 Å². The van der Waals surface area contributed by atoms with Crippen LogP contribution in [0.15, 0.2) is 9.13 Å². The van der Waals surface area contributed by atoms with E-state index in [2.05, 4.69) is 10.1 Å². The normalized spacial score (nSPS) is 11.7. The molecule has 0 aliphatic heterocycles. The number of hydrogen-bond acceptors (Lipinski definition) is 6. The molecule has 0 atom stereocenters. The van der Waals surface area contributed by atoms with Gasteiger partial charge in [-0.2, -0.15) is 4.52 Å². The van der Waals surface area contributed by atoms with Crippen LogP contribution < -0.4 is 5.56 Å². The smallest absolute Gasteiger partial charge is 0.266 e. The van der Waals surface area contributed by atoms with Gasteiger partial charge in [0, 0.05) is 4.88 Å². The molecule has 0 aliphatic carbocycles. The van der Waals surface area contributed by atoms with Crippen molar-refractivity contribution in [3.05, 3.63) is 20.8 Å². The maximum absolute atomic E-state index is 12.3. The summed E-state index contributed by atoms with van der Waals surface area (Å²) >= 11 is 4.55. The fourth-order valence-corrected chi connectivity index (χ4v) is 4.11. The highest BCUT2D eigenvalue weighted by Gasteiger charge is 2.15. The van der Waals surface area contributed by atoms with Gasteiger partial charge in [0.05, 0.1) is 5.39 Å². The van der Waals surface area contributed by atoms with Crippen molar-refractivity contribution < 1.29 is 0 Å². The Morgan fingerprint density at radius 3 is 2.76 bits per heavy atom. The maximum atomic E-state index is 12.3. The van der Waals surface area contributed by atoms with Crippen LogP contribution in [-0.4, -0.2) is 20.9 Å². The van der Waals surface area contributed by atoms with Crippen molar-refractivity contribution in [1.29, 1.82) is 0 Å². The fraction of sp³-hybridized carbons (Fsp3) is 0.300. The molecule has 0 radical (unpaired) electrons. The van der Waals surface area contributed by atoms with E-state index < -0.39 is 0 Å². The maximum Gasteiger partial charge on any atom is 0.284 e. The second-order valence-corrected chi connectivity index (χ2v) is 6.86. The van der Waals surface area contributed by atoms with Gasteiger partial charge in [-0.25, -0.2) is 4.98 Å². The summed E-state index contributed by atoms with van der Waals surface area (Å²) in [6.07, 6.45) is 1.94. The first-order chi connectivity index (χ1) is 8.11. The molecule has 7 heteroatoms. The summed E-state index contributed by atoms with van der Waals surface area (Å²) in [6, 6.07) is 0. The Morgan fingerprint density at radius 1 is 1.29 bits per heavy atom. The van der Waals surface area contributed by atoms with Crippen molar-refractivity contribution in [2.75, 3.05) is 6.26 Å². The van der Waals surface area contributed by atoms with Gasteiger partial charge in [0.15, 0.2) is 4.34 Å². The predicted molar refractivity (Wildman–Crippen MR) is 73.8 cm³/mol. The van der Waals surface area contributed by atoms with E-state index in [9.17, 15) is 4.79 Å². The fourth-order valence-electron chi connectivity index (χ4n) is 1.68. The lowest BCUT2D eigenvalue weighted by Crippen LogP contribution is -2.14. The second kappa shape index (κ2) is 3.79. The highest BCUT2D eigenvalue weighted by Crippen LogP contribution is 2.28. The van der Waals surface area contributed by atoms with Crippen molar-refractivity contribution in [2.24, 2.45) is 0 Å². The molecule has 0 fully saturated rings. The average molecular weight is 283 g/mol. The molecule has 0 spiro atoms. The molecule has 0 saturated carbocycles. The summed E-state index contributed by atoms with van der Waals surface area (Å²) in [5.74, 6) is 0. The molecule has 0 bridgehead atoms. The Hall–Kier alpha value is -0.920. The van der Waals surface area contributed by atoms with Gasteiger partial charge in [-0.05, 0) is 25.7 Å². The van der Waals surface area contributed by atoms with E-state index in [1.54, 1.807) is 11.3 Å². The van der Waals surface area contributed by atoms with Crippen molar-refractivity contribution in [2.45, 2.75) is 18.2 Å². The molecular formula is C10H9N3OS3. The molecule has 3 aromatic heterocycles. The first kappa shape index (κ1) is 11.2. The van der Waals surface area contributed by atoms with E-state index in [1.165, 1.54) is 27.6 Å². The zero-order valence-electron chi connectivity index (χ0n) is 9.47. The molecule has 0 saturated heterocycles.